The lowest BCUT2D eigenvalue weighted by Crippen LogP contribution is -2.42. The highest BCUT2D eigenvalue weighted by Gasteiger charge is 2.28. The summed E-state index contributed by atoms with van der Waals surface area (Å²) in [5.74, 6) is 0.294. The molecule has 0 aromatic rings. The van der Waals surface area contributed by atoms with Gasteiger partial charge in [-0.1, -0.05) is 0 Å². The fourth-order valence-electron chi connectivity index (χ4n) is 1.64. The van der Waals surface area contributed by atoms with Crippen LogP contribution < -0.4 is 0 Å². The molecule has 4 heteroatoms. The largest absolute Gasteiger partial charge is 0.456 e. The highest BCUT2D eigenvalue weighted by atomic mass is 28.4. The number of hydrogen-bond donors (Lipinski definition) is 0. The van der Waals surface area contributed by atoms with Crippen molar-refractivity contribution in [3.63, 3.8) is 0 Å². The Morgan fingerprint density at radius 2 is 1.64 bits per heavy atom. The molecule has 84 valence electrons. The topological polar surface area (TPSA) is 26.3 Å². The molecule has 0 aromatic carbocycles. The van der Waals surface area contributed by atoms with E-state index in [0.29, 0.717) is 12.2 Å². The standard InChI is InChI=1S/C10H24O2Si2/c1-10(11)8-7-9-14(5,6)12-13(2,3)4/h7-9H2,1-6H3. The zero-order valence-corrected chi connectivity index (χ0v) is 12.4. The Kier molecular flexibility index (Phi) is 5.26. The fourth-order valence-corrected chi connectivity index (χ4v) is 9.71. The molecule has 0 fully saturated rings. The van der Waals surface area contributed by atoms with Gasteiger partial charge in [0.05, 0.1) is 0 Å². The molecule has 0 aliphatic heterocycles. The minimum atomic E-state index is -1.50. The van der Waals surface area contributed by atoms with Crippen molar-refractivity contribution in [3.05, 3.63) is 0 Å². The normalized spacial score (nSPS) is 13.0. The maximum atomic E-state index is 10.8. The van der Waals surface area contributed by atoms with Crippen LogP contribution in [-0.2, 0) is 8.91 Å². The summed E-state index contributed by atoms with van der Waals surface area (Å²) in [5.41, 5.74) is 0. The molecule has 0 heterocycles. The molecule has 0 rings (SSSR count). The smallest absolute Gasteiger partial charge is 0.173 e. The van der Waals surface area contributed by atoms with Crippen LogP contribution in [0.4, 0.5) is 0 Å². The van der Waals surface area contributed by atoms with Crippen LogP contribution in [0.25, 0.3) is 0 Å². The van der Waals surface area contributed by atoms with E-state index in [9.17, 15) is 4.79 Å². The van der Waals surface area contributed by atoms with E-state index in [1.54, 1.807) is 6.92 Å². The van der Waals surface area contributed by atoms with Crippen LogP contribution in [0, 0.1) is 0 Å². The average Bonchev–Trinajstić information content (AvgIpc) is 1.78. The molecule has 0 N–H and O–H groups in total. The van der Waals surface area contributed by atoms with E-state index in [0.717, 1.165) is 12.5 Å². The second kappa shape index (κ2) is 5.23. The third-order valence-electron chi connectivity index (χ3n) is 1.89. The highest BCUT2D eigenvalue weighted by Crippen LogP contribution is 2.20. The number of ketones is 1. The molecular formula is C10H24O2Si2. The van der Waals surface area contributed by atoms with Crippen molar-refractivity contribution in [3.8, 4) is 0 Å². The second-order valence-electron chi connectivity index (χ2n) is 5.53. The van der Waals surface area contributed by atoms with Gasteiger partial charge in [0, 0.05) is 6.42 Å². The van der Waals surface area contributed by atoms with Gasteiger partial charge in [-0.3, -0.25) is 0 Å². The molecule has 0 spiro atoms. The molecule has 2 nitrogen and oxygen atoms in total. The molecule has 0 radical (unpaired) electrons. The van der Waals surface area contributed by atoms with Gasteiger partial charge in [0.1, 0.15) is 5.78 Å². The van der Waals surface area contributed by atoms with Gasteiger partial charge in [-0.25, -0.2) is 0 Å². The lowest BCUT2D eigenvalue weighted by Gasteiger charge is -2.31. The Labute approximate surface area is 90.3 Å². The van der Waals surface area contributed by atoms with Gasteiger partial charge in [-0.05, 0) is 52.1 Å². The Morgan fingerprint density at radius 3 is 2.00 bits per heavy atom. The molecular weight excluding hydrogens is 208 g/mol. The van der Waals surface area contributed by atoms with E-state index in [4.69, 9.17) is 4.12 Å². The number of carbonyl (C=O) groups is 1. The zero-order valence-electron chi connectivity index (χ0n) is 10.4. The van der Waals surface area contributed by atoms with Crippen molar-refractivity contribution in [1.82, 2.24) is 0 Å². The second-order valence-corrected chi connectivity index (χ2v) is 14.6. The lowest BCUT2D eigenvalue weighted by molar-refractivity contribution is -0.117. The van der Waals surface area contributed by atoms with E-state index in [1.807, 2.05) is 0 Å². The average molecular weight is 232 g/mol. The van der Waals surface area contributed by atoms with E-state index in [1.165, 1.54) is 0 Å². The molecule has 0 atom stereocenters. The summed E-state index contributed by atoms with van der Waals surface area (Å²) in [6.45, 7) is 12.9. The van der Waals surface area contributed by atoms with Crippen LogP contribution in [0.3, 0.4) is 0 Å². The van der Waals surface area contributed by atoms with Crippen molar-refractivity contribution in [2.45, 2.75) is 58.5 Å². The van der Waals surface area contributed by atoms with Crippen LogP contribution in [0.1, 0.15) is 19.8 Å². The zero-order chi connectivity index (χ0) is 11.4. The first kappa shape index (κ1) is 14.1. The van der Waals surface area contributed by atoms with Crippen molar-refractivity contribution < 1.29 is 8.91 Å². The van der Waals surface area contributed by atoms with Crippen LogP contribution in [0.15, 0.2) is 0 Å². The Bertz CT molecular complexity index is 195. The van der Waals surface area contributed by atoms with Gasteiger partial charge < -0.3 is 8.91 Å². The molecule has 0 saturated carbocycles. The van der Waals surface area contributed by atoms with E-state index in [-0.39, 0.29) is 0 Å². The third kappa shape index (κ3) is 8.65. The first-order valence-corrected chi connectivity index (χ1v) is 11.8. The van der Waals surface area contributed by atoms with Crippen LogP contribution >= 0.6 is 0 Å². The predicted octanol–water partition coefficient (Wildman–Crippen LogP) is 3.41. The molecule has 0 aliphatic rings. The fraction of sp³-hybridized carbons (Fsp3) is 0.900. The van der Waals surface area contributed by atoms with Crippen molar-refractivity contribution in [2.75, 3.05) is 0 Å². The number of carbonyl (C=O) groups excluding carboxylic acids is 1. The number of rotatable bonds is 6. The Balaban J connectivity index is 3.89. The summed E-state index contributed by atoms with van der Waals surface area (Å²) in [7, 11) is -2.89. The van der Waals surface area contributed by atoms with Gasteiger partial charge in [-0.2, -0.15) is 0 Å². The maximum Gasteiger partial charge on any atom is 0.173 e. The number of hydrogen-bond acceptors (Lipinski definition) is 2. The van der Waals surface area contributed by atoms with Crippen LogP contribution in [0.5, 0.6) is 0 Å². The van der Waals surface area contributed by atoms with Crippen LogP contribution in [-0.4, -0.2) is 22.4 Å². The highest BCUT2D eigenvalue weighted by molar-refractivity contribution is 6.84. The van der Waals surface area contributed by atoms with Gasteiger partial charge in [0.25, 0.3) is 0 Å². The maximum absolute atomic E-state index is 10.8. The van der Waals surface area contributed by atoms with Crippen molar-refractivity contribution in [2.24, 2.45) is 0 Å². The number of Topliss-reactive ketones (excluding diaryl/α,β-unsaturated/α-hetero) is 1. The van der Waals surface area contributed by atoms with Gasteiger partial charge in [0.2, 0.25) is 0 Å². The Hall–Kier alpha value is 0.0638. The monoisotopic (exact) mass is 232 g/mol. The van der Waals surface area contributed by atoms with Crippen LogP contribution in [0.2, 0.25) is 38.8 Å². The molecule has 0 bridgehead atoms. The summed E-state index contributed by atoms with van der Waals surface area (Å²) < 4.78 is 6.17. The minimum absolute atomic E-state index is 0.294. The SMILES string of the molecule is CC(=O)CCC[Si](C)(C)O[Si](C)(C)C. The molecule has 14 heavy (non-hydrogen) atoms. The van der Waals surface area contributed by atoms with E-state index >= 15 is 0 Å². The van der Waals surface area contributed by atoms with Crippen molar-refractivity contribution in [1.29, 1.82) is 0 Å². The van der Waals surface area contributed by atoms with Crippen molar-refractivity contribution >= 4 is 22.4 Å². The summed E-state index contributed by atoms with van der Waals surface area (Å²) in [5, 5.41) is 0. The van der Waals surface area contributed by atoms with Gasteiger partial charge in [-0.15, -0.1) is 0 Å². The van der Waals surface area contributed by atoms with E-state index in [2.05, 4.69) is 32.7 Å². The molecule has 0 aliphatic carbocycles. The summed E-state index contributed by atoms with van der Waals surface area (Å²) in [6.07, 6.45) is 1.71. The van der Waals surface area contributed by atoms with Gasteiger partial charge in [0.15, 0.2) is 16.6 Å². The molecule has 0 amide bonds. The summed E-state index contributed by atoms with van der Waals surface area (Å²) in [6, 6.07) is 1.11. The van der Waals surface area contributed by atoms with E-state index < -0.39 is 16.6 Å². The summed E-state index contributed by atoms with van der Waals surface area (Å²) >= 11 is 0. The predicted molar refractivity (Wildman–Crippen MR) is 66.6 cm³/mol. The van der Waals surface area contributed by atoms with Gasteiger partial charge >= 0.3 is 0 Å². The first-order valence-electron chi connectivity index (χ1n) is 5.32. The summed E-state index contributed by atoms with van der Waals surface area (Å²) in [4.78, 5) is 10.8. The molecule has 0 unspecified atom stereocenters. The first-order chi connectivity index (χ1) is 6.12. The quantitative estimate of drug-likeness (QED) is 0.656. The Morgan fingerprint density at radius 1 is 1.14 bits per heavy atom. The minimum Gasteiger partial charge on any atom is -0.456 e. The third-order valence-corrected chi connectivity index (χ3v) is 8.11. The lowest BCUT2D eigenvalue weighted by atomic mass is 10.3. The molecule has 0 saturated heterocycles. The molecule has 0 aromatic heterocycles.